The van der Waals surface area contributed by atoms with Crippen LogP contribution in [0.3, 0.4) is 0 Å². The van der Waals surface area contributed by atoms with Gasteiger partial charge >= 0.3 is 0 Å². The van der Waals surface area contributed by atoms with Gasteiger partial charge in [-0.25, -0.2) is 0 Å². The van der Waals surface area contributed by atoms with Gasteiger partial charge in [-0.2, -0.15) is 0 Å². The summed E-state index contributed by atoms with van der Waals surface area (Å²) in [4.78, 5) is 12.4. The molecule has 0 aliphatic heterocycles. The average molecular weight is 383 g/mol. The third kappa shape index (κ3) is 4.66. The molecule has 28 heavy (non-hydrogen) atoms. The number of amides is 1. The van der Waals surface area contributed by atoms with Crippen molar-refractivity contribution >= 4 is 12.0 Å². The molecule has 2 rings (SSSR count). The van der Waals surface area contributed by atoms with Crippen molar-refractivity contribution in [1.29, 1.82) is 0 Å². The number of methoxy groups -OCH3 is 3. The van der Waals surface area contributed by atoms with E-state index in [0.29, 0.717) is 17.2 Å². The molecule has 150 valence electrons. The van der Waals surface area contributed by atoms with Crippen LogP contribution in [-0.4, -0.2) is 27.2 Å². The van der Waals surface area contributed by atoms with Crippen LogP contribution in [0.5, 0.6) is 17.2 Å². The number of carbonyl (C=O) groups excluding carboxylic acids is 1. The predicted octanol–water partition coefficient (Wildman–Crippen LogP) is 4.53. The van der Waals surface area contributed by atoms with Gasteiger partial charge in [0.2, 0.25) is 11.7 Å². The zero-order chi connectivity index (χ0) is 20.8. The molecule has 0 fully saturated rings. The lowest BCUT2D eigenvalue weighted by Gasteiger charge is -2.18. The second kappa shape index (κ2) is 9.31. The van der Waals surface area contributed by atoms with Crippen LogP contribution in [0.15, 0.2) is 30.3 Å². The molecule has 0 heterocycles. The quantitative estimate of drug-likeness (QED) is 0.714. The van der Waals surface area contributed by atoms with E-state index in [1.165, 1.54) is 22.8 Å². The molecule has 1 amide bonds. The van der Waals surface area contributed by atoms with Crippen LogP contribution in [0.4, 0.5) is 0 Å². The number of benzene rings is 2. The summed E-state index contributed by atoms with van der Waals surface area (Å²) in [6, 6.07) is 7.79. The lowest BCUT2D eigenvalue weighted by molar-refractivity contribution is -0.117. The van der Waals surface area contributed by atoms with Gasteiger partial charge in [0.25, 0.3) is 0 Å². The maximum atomic E-state index is 12.4. The van der Waals surface area contributed by atoms with Gasteiger partial charge in [-0.3, -0.25) is 4.79 Å². The van der Waals surface area contributed by atoms with Crippen molar-refractivity contribution in [2.75, 3.05) is 21.3 Å². The Labute approximate surface area is 167 Å². The van der Waals surface area contributed by atoms with Crippen LogP contribution in [0.1, 0.15) is 40.8 Å². The molecule has 5 heteroatoms. The van der Waals surface area contributed by atoms with Gasteiger partial charge in [-0.15, -0.1) is 0 Å². The summed E-state index contributed by atoms with van der Waals surface area (Å²) in [7, 11) is 4.67. The van der Waals surface area contributed by atoms with Gasteiger partial charge in [-0.1, -0.05) is 12.1 Å². The lowest BCUT2D eigenvalue weighted by Crippen LogP contribution is -2.25. The van der Waals surface area contributed by atoms with E-state index in [2.05, 4.69) is 38.2 Å². The first-order valence-electron chi connectivity index (χ1n) is 9.17. The largest absolute Gasteiger partial charge is 0.493 e. The highest BCUT2D eigenvalue weighted by atomic mass is 16.5. The van der Waals surface area contributed by atoms with Gasteiger partial charge in [0.1, 0.15) is 0 Å². The second-order valence-corrected chi connectivity index (χ2v) is 6.78. The van der Waals surface area contributed by atoms with Crippen LogP contribution in [0, 0.1) is 20.8 Å². The summed E-state index contributed by atoms with van der Waals surface area (Å²) in [5.41, 5.74) is 5.48. The standard InChI is InChI=1S/C23H29NO4/c1-14-12-16(3)19(13-15(14)2)17(4)24-21(25)11-9-18-8-10-20(26-5)23(28-7)22(18)27-6/h8-13,17H,1-7H3,(H,24,25)/b11-9+. The van der Waals surface area contributed by atoms with Crippen molar-refractivity contribution < 1.29 is 19.0 Å². The molecule has 0 aliphatic carbocycles. The summed E-state index contributed by atoms with van der Waals surface area (Å²) in [6.07, 6.45) is 3.20. The molecule has 0 bridgehead atoms. The number of hydrogen-bond acceptors (Lipinski definition) is 4. The summed E-state index contributed by atoms with van der Waals surface area (Å²) in [5, 5.41) is 3.02. The van der Waals surface area contributed by atoms with Gasteiger partial charge in [0, 0.05) is 11.6 Å². The van der Waals surface area contributed by atoms with Crippen LogP contribution < -0.4 is 19.5 Å². The fraction of sp³-hybridized carbons (Fsp3) is 0.348. The highest BCUT2D eigenvalue weighted by Crippen LogP contribution is 2.40. The summed E-state index contributed by atoms with van der Waals surface area (Å²) >= 11 is 0. The van der Waals surface area contributed by atoms with E-state index in [1.807, 2.05) is 13.0 Å². The SMILES string of the molecule is COc1ccc(/C=C/C(=O)NC(C)c2cc(C)c(C)cc2C)c(OC)c1OC. The summed E-state index contributed by atoms with van der Waals surface area (Å²) in [5.74, 6) is 1.40. The van der Waals surface area contributed by atoms with Crippen molar-refractivity contribution in [3.8, 4) is 17.2 Å². The predicted molar refractivity (Wildman–Crippen MR) is 112 cm³/mol. The van der Waals surface area contributed by atoms with Crippen LogP contribution >= 0.6 is 0 Å². The number of nitrogens with one attached hydrogen (secondary N) is 1. The van der Waals surface area contributed by atoms with Crippen molar-refractivity contribution in [2.24, 2.45) is 0 Å². The van der Waals surface area contributed by atoms with Crippen LogP contribution in [0.25, 0.3) is 6.08 Å². The Morgan fingerprint density at radius 1 is 0.929 bits per heavy atom. The average Bonchev–Trinajstić information content (AvgIpc) is 2.67. The maximum Gasteiger partial charge on any atom is 0.244 e. The number of carbonyl (C=O) groups is 1. The minimum atomic E-state index is -0.179. The van der Waals surface area contributed by atoms with Crippen molar-refractivity contribution in [2.45, 2.75) is 33.7 Å². The Hall–Kier alpha value is -2.95. The Balaban J connectivity index is 2.19. The van der Waals surface area contributed by atoms with Gasteiger partial charge in [-0.05, 0) is 68.2 Å². The molecule has 2 aromatic rings. The first-order chi connectivity index (χ1) is 13.3. The lowest BCUT2D eigenvalue weighted by atomic mass is 9.96. The van der Waals surface area contributed by atoms with Gasteiger partial charge < -0.3 is 19.5 Å². The Kier molecular flexibility index (Phi) is 7.10. The maximum absolute atomic E-state index is 12.4. The molecule has 1 unspecified atom stereocenters. The fourth-order valence-electron chi connectivity index (χ4n) is 3.21. The molecule has 0 aromatic heterocycles. The second-order valence-electron chi connectivity index (χ2n) is 6.78. The van der Waals surface area contributed by atoms with E-state index in [9.17, 15) is 4.79 Å². The van der Waals surface area contributed by atoms with Crippen molar-refractivity contribution in [3.05, 3.63) is 58.2 Å². The van der Waals surface area contributed by atoms with Crippen molar-refractivity contribution in [3.63, 3.8) is 0 Å². The number of rotatable bonds is 7. The molecule has 0 saturated carbocycles. The molecular weight excluding hydrogens is 354 g/mol. The Morgan fingerprint density at radius 3 is 2.18 bits per heavy atom. The highest BCUT2D eigenvalue weighted by molar-refractivity contribution is 5.92. The van der Waals surface area contributed by atoms with Crippen molar-refractivity contribution in [1.82, 2.24) is 5.32 Å². The third-order valence-electron chi connectivity index (χ3n) is 4.86. The normalized spacial score (nSPS) is 12.0. The molecule has 5 nitrogen and oxygen atoms in total. The number of ether oxygens (including phenoxy) is 3. The van der Waals surface area contributed by atoms with Gasteiger partial charge in [0.15, 0.2) is 11.5 Å². The van der Waals surface area contributed by atoms with Crippen LogP contribution in [-0.2, 0) is 4.79 Å². The number of aryl methyl sites for hydroxylation is 3. The molecule has 0 aliphatic rings. The molecule has 0 spiro atoms. The first-order valence-corrected chi connectivity index (χ1v) is 9.17. The third-order valence-corrected chi connectivity index (χ3v) is 4.86. The zero-order valence-corrected chi connectivity index (χ0v) is 17.7. The van der Waals surface area contributed by atoms with Crippen LogP contribution in [0.2, 0.25) is 0 Å². The minimum absolute atomic E-state index is 0.0938. The Morgan fingerprint density at radius 2 is 1.57 bits per heavy atom. The van der Waals surface area contributed by atoms with E-state index in [0.717, 1.165) is 11.1 Å². The van der Waals surface area contributed by atoms with E-state index in [-0.39, 0.29) is 11.9 Å². The molecule has 2 aromatic carbocycles. The fourth-order valence-corrected chi connectivity index (χ4v) is 3.21. The highest BCUT2D eigenvalue weighted by Gasteiger charge is 2.15. The topological polar surface area (TPSA) is 56.8 Å². The smallest absolute Gasteiger partial charge is 0.244 e. The summed E-state index contributed by atoms with van der Waals surface area (Å²) < 4.78 is 16.1. The molecule has 0 saturated heterocycles. The molecule has 1 N–H and O–H groups in total. The Bertz CT molecular complexity index is 887. The van der Waals surface area contributed by atoms with E-state index >= 15 is 0 Å². The zero-order valence-electron chi connectivity index (χ0n) is 17.7. The minimum Gasteiger partial charge on any atom is -0.493 e. The van der Waals surface area contributed by atoms with Gasteiger partial charge in [0.05, 0.1) is 27.4 Å². The molecule has 1 atom stereocenters. The van der Waals surface area contributed by atoms with E-state index in [1.54, 1.807) is 33.5 Å². The molecule has 0 radical (unpaired) electrons. The summed E-state index contributed by atoms with van der Waals surface area (Å²) in [6.45, 7) is 8.22. The molecular formula is C23H29NO4. The first kappa shape index (κ1) is 21.4. The van der Waals surface area contributed by atoms with E-state index < -0.39 is 0 Å². The monoisotopic (exact) mass is 383 g/mol. The van der Waals surface area contributed by atoms with E-state index in [4.69, 9.17) is 14.2 Å². The number of hydrogen-bond donors (Lipinski definition) is 1.